The van der Waals surface area contributed by atoms with Gasteiger partial charge in [0.25, 0.3) is 5.91 Å². The fourth-order valence-electron chi connectivity index (χ4n) is 4.19. The maximum Gasteiger partial charge on any atom is 0.258 e. The van der Waals surface area contributed by atoms with Gasteiger partial charge in [-0.2, -0.15) is 5.10 Å². The maximum absolute atomic E-state index is 13.7. The molecule has 1 aliphatic rings. The van der Waals surface area contributed by atoms with E-state index in [9.17, 15) is 9.90 Å². The van der Waals surface area contributed by atoms with Gasteiger partial charge in [-0.05, 0) is 54.0 Å². The molecule has 6 nitrogen and oxygen atoms in total. The number of aromatic nitrogens is 2. The number of aromatic hydroxyl groups is 1. The topological polar surface area (TPSA) is 67.6 Å². The van der Waals surface area contributed by atoms with Gasteiger partial charge in [0.2, 0.25) is 0 Å². The van der Waals surface area contributed by atoms with Gasteiger partial charge in [0, 0.05) is 24.8 Å². The van der Waals surface area contributed by atoms with Crippen molar-refractivity contribution in [2.75, 3.05) is 20.2 Å². The van der Waals surface area contributed by atoms with Gasteiger partial charge in [-0.3, -0.25) is 4.79 Å². The van der Waals surface area contributed by atoms with Gasteiger partial charge >= 0.3 is 0 Å². The van der Waals surface area contributed by atoms with Crippen LogP contribution in [0.2, 0.25) is 0 Å². The number of phenols is 1. The molecule has 0 spiro atoms. The van der Waals surface area contributed by atoms with Crippen molar-refractivity contribution in [3.05, 3.63) is 102 Å². The molecule has 0 atom stereocenters. The minimum atomic E-state index is -0.0546. The standard InChI is InChI=1S/C28H25N3O3/c1-34-25-9-5-6-22(18-25)27-26(19-31(29-27)23-7-3-2-4-8-23)28(33)30-16-14-21(15-17-30)20-10-12-24(32)13-11-20/h2-14,18-19,32H,15-17H2,1H3. The van der Waals surface area contributed by atoms with E-state index in [2.05, 4.69) is 6.08 Å². The van der Waals surface area contributed by atoms with E-state index < -0.39 is 0 Å². The van der Waals surface area contributed by atoms with Crippen molar-refractivity contribution in [3.63, 3.8) is 0 Å². The second-order valence-electron chi connectivity index (χ2n) is 8.18. The third kappa shape index (κ3) is 4.30. The van der Waals surface area contributed by atoms with Crippen LogP contribution in [-0.4, -0.2) is 45.9 Å². The van der Waals surface area contributed by atoms with Gasteiger partial charge in [0.1, 0.15) is 17.2 Å². The van der Waals surface area contributed by atoms with E-state index in [1.807, 2.05) is 77.8 Å². The monoisotopic (exact) mass is 451 g/mol. The number of phenolic OH excluding ortho intramolecular Hbond substituents is 1. The molecule has 1 aliphatic heterocycles. The van der Waals surface area contributed by atoms with Crippen LogP contribution in [0, 0.1) is 0 Å². The van der Waals surface area contributed by atoms with Crippen molar-refractivity contribution in [2.45, 2.75) is 6.42 Å². The van der Waals surface area contributed by atoms with Gasteiger partial charge in [0.05, 0.1) is 18.4 Å². The number of hydrogen-bond donors (Lipinski definition) is 1. The number of carbonyl (C=O) groups excluding carboxylic acids is 1. The SMILES string of the molecule is COc1cccc(-c2nn(-c3ccccc3)cc2C(=O)N2CC=C(c3ccc(O)cc3)CC2)c1. The molecule has 4 aromatic rings. The Morgan fingerprint density at radius 2 is 1.76 bits per heavy atom. The van der Waals surface area contributed by atoms with Crippen LogP contribution < -0.4 is 4.74 Å². The number of rotatable bonds is 5. The number of ether oxygens (including phenoxy) is 1. The lowest BCUT2D eigenvalue weighted by atomic mass is 9.98. The summed E-state index contributed by atoms with van der Waals surface area (Å²) in [5, 5.41) is 14.3. The lowest BCUT2D eigenvalue weighted by molar-refractivity contribution is 0.0773. The van der Waals surface area contributed by atoms with Crippen LogP contribution in [-0.2, 0) is 0 Å². The number of carbonyl (C=O) groups is 1. The third-order valence-electron chi connectivity index (χ3n) is 6.04. The summed E-state index contributed by atoms with van der Waals surface area (Å²) in [6.45, 7) is 1.13. The Balaban J connectivity index is 1.48. The first-order valence-electron chi connectivity index (χ1n) is 11.2. The van der Waals surface area contributed by atoms with Crippen molar-refractivity contribution in [2.24, 2.45) is 0 Å². The number of nitrogens with zero attached hydrogens (tertiary/aromatic N) is 3. The van der Waals surface area contributed by atoms with E-state index in [1.165, 1.54) is 5.57 Å². The van der Waals surface area contributed by atoms with Crippen LogP contribution in [0.4, 0.5) is 0 Å². The van der Waals surface area contributed by atoms with Crippen LogP contribution in [0.1, 0.15) is 22.3 Å². The molecule has 34 heavy (non-hydrogen) atoms. The quantitative estimate of drug-likeness (QED) is 0.454. The van der Waals surface area contributed by atoms with Gasteiger partial charge in [-0.1, -0.05) is 48.5 Å². The Morgan fingerprint density at radius 3 is 2.47 bits per heavy atom. The average molecular weight is 452 g/mol. The van der Waals surface area contributed by atoms with Crippen molar-refractivity contribution in [3.8, 4) is 28.4 Å². The zero-order valence-electron chi connectivity index (χ0n) is 18.9. The van der Waals surface area contributed by atoms with Crippen LogP contribution in [0.15, 0.2) is 91.1 Å². The largest absolute Gasteiger partial charge is 0.508 e. The van der Waals surface area contributed by atoms with Crippen molar-refractivity contribution in [1.29, 1.82) is 0 Å². The minimum Gasteiger partial charge on any atom is -0.508 e. The van der Waals surface area contributed by atoms with E-state index in [1.54, 1.807) is 23.9 Å². The predicted molar refractivity (Wildman–Crippen MR) is 132 cm³/mol. The molecule has 3 aromatic carbocycles. The summed E-state index contributed by atoms with van der Waals surface area (Å²) < 4.78 is 7.15. The zero-order valence-corrected chi connectivity index (χ0v) is 18.9. The Bertz CT molecular complexity index is 1340. The molecule has 0 saturated heterocycles. The van der Waals surface area contributed by atoms with E-state index in [-0.39, 0.29) is 11.7 Å². The number of hydrogen-bond acceptors (Lipinski definition) is 4. The molecule has 0 fully saturated rings. The van der Waals surface area contributed by atoms with E-state index >= 15 is 0 Å². The fraction of sp³-hybridized carbons (Fsp3) is 0.143. The van der Waals surface area contributed by atoms with Crippen molar-refractivity contribution in [1.82, 2.24) is 14.7 Å². The zero-order chi connectivity index (χ0) is 23.5. The molecule has 2 heterocycles. The van der Waals surface area contributed by atoms with E-state index in [4.69, 9.17) is 9.84 Å². The van der Waals surface area contributed by atoms with Crippen LogP contribution in [0.5, 0.6) is 11.5 Å². The molecule has 0 bridgehead atoms. The summed E-state index contributed by atoms with van der Waals surface area (Å²) in [6, 6.07) is 24.6. The van der Waals surface area contributed by atoms with E-state index in [0.717, 1.165) is 23.2 Å². The molecule has 170 valence electrons. The molecule has 6 heteroatoms. The second-order valence-corrected chi connectivity index (χ2v) is 8.18. The Kier molecular flexibility index (Phi) is 5.87. The molecular weight excluding hydrogens is 426 g/mol. The number of benzene rings is 3. The lowest BCUT2D eigenvalue weighted by Gasteiger charge is -2.26. The summed E-state index contributed by atoms with van der Waals surface area (Å²) in [6.07, 6.45) is 4.64. The first-order chi connectivity index (χ1) is 16.6. The Hall–Kier alpha value is -4.32. The second kappa shape index (κ2) is 9.27. The Labute approximate surface area is 198 Å². The highest BCUT2D eigenvalue weighted by atomic mass is 16.5. The van der Waals surface area contributed by atoms with Gasteiger partial charge in [0.15, 0.2) is 0 Å². The van der Waals surface area contributed by atoms with Gasteiger partial charge < -0.3 is 14.7 Å². The highest BCUT2D eigenvalue weighted by molar-refractivity contribution is 6.00. The molecule has 0 aliphatic carbocycles. The summed E-state index contributed by atoms with van der Waals surface area (Å²) >= 11 is 0. The molecule has 1 N–H and O–H groups in total. The van der Waals surface area contributed by atoms with Crippen molar-refractivity contribution >= 4 is 11.5 Å². The first kappa shape index (κ1) is 21.5. The van der Waals surface area contributed by atoms with Gasteiger partial charge in [-0.25, -0.2) is 4.68 Å². The highest BCUT2D eigenvalue weighted by Gasteiger charge is 2.25. The summed E-state index contributed by atoms with van der Waals surface area (Å²) in [7, 11) is 1.62. The highest BCUT2D eigenvalue weighted by Crippen LogP contribution is 2.30. The molecule has 0 unspecified atom stereocenters. The molecule has 0 saturated carbocycles. The lowest BCUT2D eigenvalue weighted by Crippen LogP contribution is -2.34. The first-order valence-corrected chi connectivity index (χ1v) is 11.2. The van der Waals surface area contributed by atoms with Crippen LogP contribution >= 0.6 is 0 Å². The number of para-hydroxylation sites is 1. The minimum absolute atomic E-state index is 0.0546. The third-order valence-corrected chi connectivity index (χ3v) is 6.04. The molecule has 0 radical (unpaired) electrons. The van der Waals surface area contributed by atoms with Crippen LogP contribution in [0.3, 0.4) is 0 Å². The molecule has 1 amide bonds. The summed E-state index contributed by atoms with van der Waals surface area (Å²) in [4.78, 5) is 15.5. The normalized spacial score (nSPS) is 13.4. The van der Waals surface area contributed by atoms with Gasteiger partial charge in [-0.15, -0.1) is 0 Å². The fourth-order valence-corrected chi connectivity index (χ4v) is 4.19. The summed E-state index contributed by atoms with van der Waals surface area (Å²) in [5.41, 5.74) is 5.14. The Morgan fingerprint density at radius 1 is 0.971 bits per heavy atom. The smallest absolute Gasteiger partial charge is 0.258 e. The number of amides is 1. The average Bonchev–Trinajstić information content (AvgIpc) is 3.35. The maximum atomic E-state index is 13.7. The molecule has 5 rings (SSSR count). The van der Waals surface area contributed by atoms with E-state index in [0.29, 0.717) is 30.1 Å². The predicted octanol–water partition coefficient (Wildman–Crippen LogP) is 5.18. The summed E-state index contributed by atoms with van der Waals surface area (Å²) in [5.74, 6) is 0.906. The van der Waals surface area contributed by atoms with Crippen LogP contribution in [0.25, 0.3) is 22.5 Å². The molecular formula is C28H25N3O3. The van der Waals surface area contributed by atoms with Crippen molar-refractivity contribution < 1.29 is 14.6 Å². The molecule has 1 aromatic heterocycles. The number of methoxy groups -OCH3 is 1.